The van der Waals surface area contributed by atoms with Crippen molar-refractivity contribution in [3.8, 4) is 16.9 Å². The number of alkyl halides is 3. The van der Waals surface area contributed by atoms with Crippen LogP contribution in [0.25, 0.3) is 11.1 Å². The fourth-order valence-electron chi connectivity index (χ4n) is 1.84. The summed E-state index contributed by atoms with van der Waals surface area (Å²) in [4.78, 5) is 0. The van der Waals surface area contributed by atoms with Gasteiger partial charge in [-0.2, -0.15) is 13.2 Å². The third-order valence-corrected chi connectivity index (χ3v) is 2.85. The Morgan fingerprint density at radius 1 is 0.950 bits per heavy atom. The molecule has 0 unspecified atom stereocenters. The first-order valence-electron chi connectivity index (χ1n) is 6.41. The van der Waals surface area contributed by atoms with Gasteiger partial charge in [0.05, 0.1) is 12.2 Å². The number of ether oxygens (including phenoxy) is 1. The second kappa shape index (κ2) is 5.99. The van der Waals surface area contributed by atoms with E-state index in [0.717, 1.165) is 35.4 Å². The number of rotatable bonds is 4. The molecule has 2 aromatic rings. The summed E-state index contributed by atoms with van der Waals surface area (Å²) in [7, 11) is 0. The highest BCUT2D eigenvalue weighted by molar-refractivity contribution is 5.65. The summed E-state index contributed by atoms with van der Waals surface area (Å²) < 4.78 is 43.0. The van der Waals surface area contributed by atoms with Gasteiger partial charge in [-0.15, -0.1) is 0 Å². The molecule has 0 heterocycles. The average molecular weight is 280 g/mol. The van der Waals surface area contributed by atoms with Crippen molar-refractivity contribution in [2.45, 2.75) is 19.5 Å². The zero-order valence-electron chi connectivity index (χ0n) is 11.1. The summed E-state index contributed by atoms with van der Waals surface area (Å²) >= 11 is 0. The molecule has 2 aromatic carbocycles. The molecule has 0 aliphatic heterocycles. The highest BCUT2D eigenvalue weighted by atomic mass is 19.4. The van der Waals surface area contributed by atoms with Gasteiger partial charge in [0.15, 0.2) is 0 Å². The van der Waals surface area contributed by atoms with E-state index in [1.165, 1.54) is 12.1 Å². The van der Waals surface area contributed by atoms with E-state index in [2.05, 4.69) is 0 Å². The van der Waals surface area contributed by atoms with Crippen LogP contribution in [0.3, 0.4) is 0 Å². The Morgan fingerprint density at radius 2 is 1.65 bits per heavy atom. The number of hydrogen-bond acceptors (Lipinski definition) is 1. The van der Waals surface area contributed by atoms with Gasteiger partial charge in [-0.25, -0.2) is 0 Å². The van der Waals surface area contributed by atoms with Gasteiger partial charge in [-0.3, -0.25) is 0 Å². The maximum Gasteiger partial charge on any atom is 0.416 e. The largest absolute Gasteiger partial charge is 0.494 e. The number of hydrogen-bond donors (Lipinski definition) is 0. The van der Waals surface area contributed by atoms with Crippen molar-refractivity contribution in [3.05, 3.63) is 54.1 Å². The van der Waals surface area contributed by atoms with E-state index in [0.29, 0.717) is 6.61 Å². The van der Waals surface area contributed by atoms with E-state index < -0.39 is 11.7 Å². The van der Waals surface area contributed by atoms with Gasteiger partial charge in [0, 0.05) is 0 Å². The van der Waals surface area contributed by atoms with Gasteiger partial charge in [-0.1, -0.05) is 31.2 Å². The van der Waals surface area contributed by atoms with E-state index in [9.17, 15) is 13.2 Å². The number of halogens is 3. The first kappa shape index (κ1) is 14.4. The molecule has 0 bridgehead atoms. The SMILES string of the molecule is CCCOc1cccc(-c2ccc(C(F)(F)F)cc2)c1. The summed E-state index contributed by atoms with van der Waals surface area (Å²) in [5.74, 6) is 0.726. The second-order valence-corrected chi connectivity index (χ2v) is 4.45. The van der Waals surface area contributed by atoms with E-state index in [1.807, 2.05) is 31.2 Å². The zero-order valence-corrected chi connectivity index (χ0v) is 11.1. The second-order valence-electron chi connectivity index (χ2n) is 4.45. The van der Waals surface area contributed by atoms with Crippen molar-refractivity contribution in [1.29, 1.82) is 0 Å². The molecule has 0 radical (unpaired) electrons. The third kappa shape index (κ3) is 3.53. The van der Waals surface area contributed by atoms with Crippen LogP contribution in [0.15, 0.2) is 48.5 Å². The van der Waals surface area contributed by atoms with Crippen LogP contribution in [0.1, 0.15) is 18.9 Å². The first-order chi connectivity index (χ1) is 9.50. The summed E-state index contributed by atoms with van der Waals surface area (Å²) in [6, 6.07) is 12.5. The predicted octanol–water partition coefficient (Wildman–Crippen LogP) is 5.16. The Kier molecular flexibility index (Phi) is 4.32. The number of benzene rings is 2. The van der Waals surface area contributed by atoms with E-state index in [4.69, 9.17) is 4.74 Å². The van der Waals surface area contributed by atoms with Crippen LogP contribution in [0.5, 0.6) is 5.75 Å². The first-order valence-corrected chi connectivity index (χ1v) is 6.41. The van der Waals surface area contributed by atoms with Gasteiger partial charge < -0.3 is 4.74 Å². The maximum absolute atomic E-state index is 12.5. The summed E-state index contributed by atoms with van der Waals surface area (Å²) in [5, 5.41) is 0. The zero-order chi connectivity index (χ0) is 14.6. The van der Waals surface area contributed by atoms with E-state index in [1.54, 1.807) is 0 Å². The van der Waals surface area contributed by atoms with Crippen molar-refractivity contribution < 1.29 is 17.9 Å². The molecular weight excluding hydrogens is 265 g/mol. The van der Waals surface area contributed by atoms with Gasteiger partial charge in [0.1, 0.15) is 5.75 Å². The fourth-order valence-corrected chi connectivity index (χ4v) is 1.84. The molecule has 0 saturated heterocycles. The van der Waals surface area contributed by atoms with Crippen molar-refractivity contribution in [3.63, 3.8) is 0 Å². The molecule has 0 amide bonds. The van der Waals surface area contributed by atoms with E-state index in [-0.39, 0.29) is 0 Å². The Hall–Kier alpha value is -1.97. The minimum Gasteiger partial charge on any atom is -0.494 e. The molecule has 2 rings (SSSR count). The molecule has 0 fully saturated rings. The summed E-state index contributed by atoms with van der Waals surface area (Å²) in [6.07, 6.45) is -3.39. The minimum absolute atomic E-state index is 0.621. The Bertz CT molecular complexity index is 559. The topological polar surface area (TPSA) is 9.23 Å². The molecule has 4 heteroatoms. The van der Waals surface area contributed by atoms with Gasteiger partial charge in [-0.05, 0) is 41.8 Å². The van der Waals surface area contributed by atoms with Gasteiger partial charge in [0.25, 0.3) is 0 Å². The monoisotopic (exact) mass is 280 g/mol. The Morgan fingerprint density at radius 3 is 2.25 bits per heavy atom. The third-order valence-electron chi connectivity index (χ3n) is 2.85. The van der Waals surface area contributed by atoms with Crippen LogP contribution in [-0.4, -0.2) is 6.61 Å². The fraction of sp³-hybridized carbons (Fsp3) is 0.250. The molecule has 106 valence electrons. The van der Waals surface area contributed by atoms with Gasteiger partial charge in [0.2, 0.25) is 0 Å². The van der Waals surface area contributed by atoms with Crippen molar-refractivity contribution in [1.82, 2.24) is 0 Å². The molecular formula is C16H15F3O. The summed E-state index contributed by atoms with van der Waals surface area (Å²) in [5.41, 5.74) is 0.937. The molecule has 0 spiro atoms. The normalized spacial score (nSPS) is 11.4. The minimum atomic E-state index is -4.30. The lowest BCUT2D eigenvalue weighted by atomic mass is 10.0. The maximum atomic E-state index is 12.5. The van der Waals surface area contributed by atoms with Crippen molar-refractivity contribution >= 4 is 0 Å². The van der Waals surface area contributed by atoms with Crippen LogP contribution in [0, 0.1) is 0 Å². The lowest BCUT2D eigenvalue weighted by Gasteiger charge is -2.09. The van der Waals surface area contributed by atoms with Crippen molar-refractivity contribution in [2.75, 3.05) is 6.61 Å². The lowest BCUT2D eigenvalue weighted by Crippen LogP contribution is -2.04. The standard InChI is InChI=1S/C16H15F3O/c1-2-10-20-15-5-3-4-13(11-15)12-6-8-14(9-7-12)16(17,18)19/h3-9,11H,2,10H2,1H3. The molecule has 0 saturated carbocycles. The van der Waals surface area contributed by atoms with Crippen molar-refractivity contribution in [2.24, 2.45) is 0 Å². The highest BCUT2D eigenvalue weighted by Gasteiger charge is 2.29. The smallest absolute Gasteiger partial charge is 0.416 e. The molecule has 0 atom stereocenters. The molecule has 0 aliphatic carbocycles. The molecule has 20 heavy (non-hydrogen) atoms. The van der Waals surface area contributed by atoms with Crippen LogP contribution >= 0.6 is 0 Å². The molecule has 0 aromatic heterocycles. The molecule has 0 aliphatic rings. The van der Waals surface area contributed by atoms with Crippen LogP contribution < -0.4 is 4.74 Å². The molecule has 0 N–H and O–H groups in total. The summed E-state index contributed by atoms with van der Waals surface area (Å²) in [6.45, 7) is 2.64. The quantitative estimate of drug-likeness (QED) is 0.751. The lowest BCUT2D eigenvalue weighted by molar-refractivity contribution is -0.137. The van der Waals surface area contributed by atoms with E-state index >= 15 is 0 Å². The molecule has 1 nitrogen and oxygen atoms in total. The Balaban J connectivity index is 2.23. The van der Waals surface area contributed by atoms with Crippen LogP contribution in [0.2, 0.25) is 0 Å². The predicted molar refractivity (Wildman–Crippen MR) is 72.7 cm³/mol. The highest BCUT2D eigenvalue weighted by Crippen LogP contribution is 2.31. The van der Waals surface area contributed by atoms with Crippen LogP contribution in [-0.2, 0) is 6.18 Å². The average Bonchev–Trinajstić information content (AvgIpc) is 2.45. The Labute approximate surface area is 116 Å². The van der Waals surface area contributed by atoms with Gasteiger partial charge >= 0.3 is 6.18 Å². The van der Waals surface area contributed by atoms with Crippen LogP contribution in [0.4, 0.5) is 13.2 Å².